The van der Waals surface area contributed by atoms with Crippen LogP contribution in [0.25, 0.3) is 0 Å². The Balaban J connectivity index is 1.96. The number of esters is 1. The lowest BCUT2D eigenvalue weighted by Crippen LogP contribution is -2.36. The van der Waals surface area contributed by atoms with E-state index in [1.165, 1.54) is 0 Å². The summed E-state index contributed by atoms with van der Waals surface area (Å²) in [6, 6.07) is 9.75. The molecule has 0 bridgehead atoms. The summed E-state index contributed by atoms with van der Waals surface area (Å²) in [5.41, 5.74) is 0.435. The van der Waals surface area contributed by atoms with E-state index in [9.17, 15) is 9.59 Å². The van der Waals surface area contributed by atoms with Gasteiger partial charge in [0.25, 0.3) is 0 Å². The summed E-state index contributed by atoms with van der Waals surface area (Å²) in [4.78, 5) is 24.0. The van der Waals surface area contributed by atoms with Gasteiger partial charge in [-0.05, 0) is 42.6 Å². The van der Waals surface area contributed by atoms with Crippen molar-refractivity contribution >= 4 is 12.3 Å². The van der Waals surface area contributed by atoms with Crippen LogP contribution < -0.4 is 0 Å². The van der Waals surface area contributed by atoms with Crippen LogP contribution in [0.4, 0.5) is 0 Å². The van der Waals surface area contributed by atoms with Gasteiger partial charge in [0.15, 0.2) is 11.9 Å². The third kappa shape index (κ3) is 6.90. The first-order valence-corrected chi connectivity index (χ1v) is 10.3. The summed E-state index contributed by atoms with van der Waals surface area (Å²) < 4.78 is 11.1. The third-order valence-electron chi connectivity index (χ3n) is 5.03. The van der Waals surface area contributed by atoms with Crippen molar-refractivity contribution in [2.75, 3.05) is 6.61 Å². The first-order valence-electron chi connectivity index (χ1n) is 10.3. The highest BCUT2D eigenvalue weighted by Crippen LogP contribution is 2.32. The molecule has 154 valence electrons. The Kier molecular flexibility index (Phi) is 8.43. The molecule has 0 spiro atoms. The van der Waals surface area contributed by atoms with Crippen molar-refractivity contribution in [3.8, 4) is 0 Å². The lowest BCUT2D eigenvalue weighted by Gasteiger charge is -2.20. The van der Waals surface area contributed by atoms with Gasteiger partial charge in [0, 0.05) is 12.0 Å². The topological polar surface area (TPSA) is 52.6 Å². The van der Waals surface area contributed by atoms with Crippen molar-refractivity contribution in [2.24, 2.45) is 17.8 Å². The number of hydrogen-bond donors (Lipinski definition) is 0. The first kappa shape index (κ1) is 22.4. The molecule has 2 rings (SSSR count). The maximum absolute atomic E-state index is 12.3. The molecule has 1 fully saturated rings. The second-order valence-electron chi connectivity index (χ2n) is 8.82. The average Bonchev–Trinajstić information content (AvgIpc) is 2.96. The van der Waals surface area contributed by atoms with E-state index in [1.54, 1.807) is 0 Å². The number of cyclic esters (lactones) is 1. The second kappa shape index (κ2) is 10.6. The minimum absolute atomic E-state index is 0.0793. The molecular formula is C24H34O4. The second-order valence-corrected chi connectivity index (χ2v) is 8.82. The van der Waals surface area contributed by atoms with E-state index in [1.807, 2.05) is 36.4 Å². The number of benzene rings is 1. The Morgan fingerprint density at radius 1 is 1.11 bits per heavy atom. The number of aldehydes is 1. The Bertz CT molecular complexity index is 652. The van der Waals surface area contributed by atoms with Crippen molar-refractivity contribution < 1.29 is 19.1 Å². The zero-order valence-corrected chi connectivity index (χ0v) is 17.6. The summed E-state index contributed by atoms with van der Waals surface area (Å²) in [5, 5.41) is 0. The van der Waals surface area contributed by atoms with E-state index in [-0.39, 0.29) is 12.6 Å². The van der Waals surface area contributed by atoms with Gasteiger partial charge in [-0.2, -0.15) is 0 Å². The Morgan fingerprint density at radius 2 is 1.75 bits per heavy atom. The first-order chi connectivity index (χ1) is 13.3. The van der Waals surface area contributed by atoms with Gasteiger partial charge < -0.3 is 9.47 Å². The standard InChI is InChI=1S/C24H34O4/c1-18(2)12-21(13-19(3)4)10-11-22-14-24(16-25,28-23(22)26)17-27-15-20-8-6-5-7-9-20/h5-9,11,16,18-19,21H,10,12-15,17H2,1-4H3/b22-11-. The van der Waals surface area contributed by atoms with Crippen LogP contribution in [0.1, 0.15) is 58.9 Å². The molecule has 1 atom stereocenters. The molecule has 0 saturated carbocycles. The number of allylic oxidation sites excluding steroid dienone is 1. The van der Waals surface area contributed by atoms with Gasteiger partial charge in [0.1, 0.15) is 0 Å². The minimum Gasteiger partial charge on any atom is -0.445 e. The molecule has 1 aliphatic rings. The number of rotatable bonds is 11. The van der Waals surface area contributed by atoms with Gasteiger partial charge >= 0.3 is 5.97 Å². The van der Waals surface area contributed by atoms with E-state index in [0.717, 1.165) is 31.1 Å². The number of carbonyl (C=O) groups is 2. The molecule has 1 heterocycles. The molecule has 0 N–H and O–H groups in total. The highest BCUT2D eigenvalue weighted by atomic mass is 16.6. The molecule has 0 amide bonds. The molecule has 28 heavy (non-hydrogen) atoms. The molecule has 0 aromatic heterocycles. The molecule has 1 aromatic rings. The fourth-order valence-electron chi connectivity index (χ4n) is 3.86. The normalized spacial score (nSPS) is 21.1. The predicted molar refractivity (Wildman–Crippen MR) is 111 cm³/mol. The Morgan fingerprint density at radius 3 is 2.32 bits per heavy atom. The zero-order chi connectivity index (χ0) is 20.6. The van der Waals surface area contributed by atoms with Gasteiger partial charge in [-0.3, -0.25) is 4.79 Å². The molecule has 0 aliphatic carbocycles. The van der Waals surface area contributed by atoms with Crippen LogP contribution in [0.5, 0.6) is 0 Å². The molecule has 4 nitrogen and oxygen atoms in total. The molecule has 1 unspecified atom stereocenters. The highest BCUT2D eigenvalue weighted by Gasteiger charge is 2.44. The smallest absolute Gasteiger partial charge is 0.334 e. The molecule has 1 aromatic carbocycles. The van der Waals surface area contributed by atoms with Crippen LogP contribution in [0, 0.1) is 17.8 Å². The van der Waals surface area contributed by atoms with E-state index in [2.05, 4.69) is 27.7 Å². The zero-order valence-electron chi connectivity index (χ0n) is 17.6. The van der Waals surface area contributed by atoms with Gasteiger partial charge in [-0.1, -0.05) is 64.1 Å². The maximum Gasteiger partial charge on any atom is 0.334 e. The summed E-state index contributed by atoms with van der Waals surface area (Å²) in [7, 11) is 0. The fourth-order valence-corrected chi connectivity index (χ4v) is 3.86. The predicted octanol–water partition coefficient (Wildman–Crippen LogP) is 5.11. The van der Waals surface area contributed by atoms with Gasteiger partial charge in [0.2, 0.25) is 0 Å². The van der Waals surface area contributed by atoms with Crippen LogP contribution in [0.15, 0.2) is 42.0 Å². The fraction of sp³-hybridized carbons (Fsp3) is 0.583. The van der Waals surface area contributed by atoms with E-state index >= 15 is 0 Å². The Hall–Kier alpha value is -1.94. The molecule has 4 heteroatoms. The lowest BCUT2D eigenvalue weighted by atomic mass is 9.86. The van der Waals surface area contributed by atoms with Crippen LogP contribution >= 0.6 is 0 Å². The van der Waals surface area contributed by atoms with Crippen molar-refractivity contribution in [3.63, 3.8) is 0 Å². The van der Waals surface area contributed by atoms with Gasteiger partial charge in [0.05, 0.1) is 13.2 Å². The monoisotopic (exact) mass is 386 g/mol. The Labute approximate surface area is 169 Å². The van der Waals surface area contributed by atoms with Gasteiger partial charge in [-0.25, -0.2) is 4.79 Å². The quantitative estimate of drug-likeness (QED) is 0.301. The minimum atomic E-state index is -1.19. The molecule has 1 aliphatic heterocycles. The largest absolute Gasteiger partial charge is 0.445 e. The summed E-state index contributed by atoms with van der Waals surface area (Å²) in [6.07, 6.45) is 6.11. The highest BCUT2D eigenvalue weighted by molar-refractivity contribution is 5.94. The van der Waals surface area contributed by atoms with Crippen molar-refractivity contribution in [1.82, 2.24) is 0 Å². The van der Waals surface area contributed by atoms with Crippen LogP contribution in [-0.2, 0) is 25.7 Å². The van der Waals surface area contributed by atoms with E-state index in [0.29, 0.717) is 36.4 Å². The lowest BCUT2D eigenvalue weighted by molar-refractivity contribution is -0.157. The van der Waals surface area contributed by atoms with Crippen LogP contribution in [-0.4, -0.2) is 24.5 Å². The van der Waals surface area contributed by atoms with Crippen LogP contribution in [0.3, 0.4) is 0 Å². The van der Waals surface area contributed by atoms with Crippen LogP contribution in [0.2, 0.25) is 0 Å². The SMILES string of the molecule is CC(C)CC(C/C=C1/CC(C=O)(COCc2ccccc2)OC1=O)CC(C)C. The number of carbonyl (C=O) groups excluding carboxylic acids is 2. The van der Waals surface area contributed by atoms with E-state index in [4.69, 9.17) is 9.47 Å². The maximum atomic E-state index is 12.3. The number of ether oxygens (including phenoxy) is 2. The van der Waals surface area contributed by atoms with Crippen molar-refractivity contribution in [1.29, 1.82) is 0 Å². The summed E-state index contributed by atoms with van der Waals surface area (Å²) in [5.74, 6) is 1.40. The number of hydrogen-bond acceptors (Lipinski definition) is 4. The average molecular weight is 387 g/mol. The summed E-state index contributed by atoms with van der Waals surface area (Å²) >= 11 is 0. The molecule has 1 saturated heterocycles. The molecular weight excluding hydrogens is 352 g/mol. The van der Waals surface area contributed by atoms with E-state index < -0.39 is 5.60 Å². The van der Waals surface area contributed by atoms with Crippen molar-refractivity contribution in [2.45, 2.75) is 65.6 Å². The third-order valence-corrected chi connectivity index (χ3v) is 5.03. The summed E-state index contributed by atoms with van der Waals surface area (Å²) in [6.45, 7) is 9.38. The molecule has 0 radical (unpaired) electrons. The van der Waals surface area contributed by atoms with Gasteiger partial charge in [-0.15, -0.1) is 0 Å². The van der Waals surface area contributed by atoms with Crippen molar-refractivity contribution in [3.05, 3.63) is 47.5 Å².